The van der Waals surface area contributed by atoms with Gasteiger partial charge < -0.3 is 30.5 Å². The minimum Gasteiger partial charge on any atom is -0.405 e. The molecule has 10 nitrogen and oxygen atoms in total. The van der Waals surface area contributed by atoms with Crippen molar-refractivity contribution in [3.8, 4) is 0 Å². The SMILES string of the molecule is CCC.CO.NCC(=O)OC(O)(O)C1CCC(n2cc(F)c(=S)[nH]c2=O)O1. The van der Waals surface area contributed by atoms with Crippen LogP contribution in [0.2, 0.25) is 0 Å². The van der Waals surface area contributed by atoms with Crippen LogP contribution in [0.1, 0.15) is 39.3 Å². The number of nitrogens with one attached hydrogen (secondary N) is 1. The second-order valence-electron chi connectivity index (χ2n) is 5.34. The number of carbonyl (C=O) groups is 1. The molecule has 0 bridgehead atoms. The fourth-order valence-electron chi connectivity index (χ4n) is 2.05. The Bertz CT molecular complexity index is 707. The summed E-state index contributed by atoms with van der Waals surface area (Å²) in [7, 11) is 1.00. The fourth-order valence-corrected chi connectivity index (χ4v) is 2.19. The molecule has 2 rings (SSSR count). The number of aliphatic hydroxyl groups excluding tert-OH is 1. The summed E-state index contributed by atoms with van der Waals surface area (Å²) < 4.78 is 23.6. The number of hydrogen-bond donors (Lipinski definition) is 5. The van der Waals surface area contributed by atoms with Crippen molar-refractivity contribution in [1.29, 1.82) is 0 Å². The Morgan fingerprint density at radius 1 is 1.48 bits per heavy atom. The first-order valence-electron chi connectivity index (χ1n) is 8.14. The molecule has 1 saturated heterocycles. The first-order valence-corrected chi connectivity index (χ1v) is 8.54. The molecule has 1 aliphatic heterocycles. The van der Waals surface area contributed by atoms with Crippen LogP contribution in [0.25, 0.3) is 0 Å². The minimum absolute atomic E-state index is 0.0548. The molecule has 6 N–H and O–H groups in total. The van der Waals surface area contributed by atoms with Crippen molar-refractivity contribution in [2.24, 2.45) is 5.73 Å². The number of halogens is 1. The van der Waals surface area contributed by atoms with E-state index in [4.69, 9.17) is 15.6 Å². The van der Waals surface area contributed by atoms with Crippen LogP contribution in [-0.4, -0.2) is 56.6 Å². The van der Waals surface area contributed by atoms with E-state index in [9.17, 15) is 24.2 Å². The molecule has 12 heteroatoms. The molecule has 0 radical (unpaired) electrons. The van der Waals surface area contributed by atoms with Gasteiger partial charge in [-0.15, -0.1) is 0 Å². The Balaban J connectivity index is 0.00000123. The Labute approximate surface area is 160 Å². The van der Waals surface area contributed by atoms with Gasteiger partial charge in [0, 0.05) is 7.11 Å². The molecule has 1 aromatic rings. The first kappa shape index (κ1) is 25.3. The van der Waals surface area contributed by atoms with Gasteiger partial charge in [-0.25, -0.2) is 9.18 Å². The number of aliphatic hydroxyl groups is 3. The molecular weight excluding hydrogens is 385 g/mol. The lowest BCUT2D eigenvalue weighted by Crippen LogP contribution is -2.47. The topological polar surface area (TPSA) is 160 Å². The Morgan fingerprint density at radius 2 is 2.04 bits per heavy atom. The van der Waals surface area contributed by atoms with E-state index in [2.05, 4.69) is 35.8 Å². The maximum Gasteiger partial charge on any atom is 0.352 e. The Hall–Kier alpha value is -1.70. The van der Waals surface area contributed by atoms with Crippen LogP contribution >= 0.6 is 12.2 Å². The van der Waals surface area contributed by atoms with E-state index >= 15 is 0 Å². The van der Waals surface area contributed by atoms with E-state index < -0.39 is 42.3 Å². The number of rotatable bonds is 4. The van der Waals surface area contributed by atoms with Crippen molar-refractivity contribution in [2.45, 2.75) is 51.4 Å². The highest BCUT2D eigenvalue weighted by molar-refractivity contribution is 7.71. The zero-order chi connectivity index (χ0) is 21.2. The molecular formula is C15H26FN3O7S. The lowest BCUT2D eigenvalue weighted by molar-refractivity contribution is -0.362. The van der Waals surface area contributed by atoms with Gasteiger partial charge in [-0.05, 0) is 12.8 Å². The molecule has 156 valence electrons. The van der Waals surface area contributed by atoms with Crippen molar-refractivity contribution in [3.63, 3.8) is 0 Å². The highest BCUT2D eigenvalue weighted by Crippen LogP contribution is 2.32. The molecule has 0 saturated carbocycles. The van der Waals surface area contributed by atoms with Gasteiger partial charge in [-0.2, -0.15) is 0 Å². The fraction of sp³-hybridized carbons (Fsp3) is 0.667. The predicted octanol–water partition coefficient (Wildman–Crippen LogP) is -0.112. The summed E-state index contributed by atoms with van der Waals surface area (Å²) in [4.78, 5) is 24.9. The number of aromatic nitrogens is 2. The largest absolute Gasteiger partial charge is 0.405 e. The van der Waals surface area contributed by atoms with Gasteiger partial charge >= 0.3 is 17.6 Å². The van der Waals surface area contributed by atoms with Crippen LogP contribution in [-0.2, 0) is 14.3 Å². The number of ether oxygens (including phenoxy) is 2. The average molecular weight is 411 g/mol. The van der Waals surface area contributed by atoms with Crippen LogP contribution in [0.4, 0.5) is 4.39 Å². The van der Waals surface area contributed by atoms with Gasteiger partial charge in [0.2, 0.25) is 0 Å². The standard InChI is InChI=1S/C11H14FN3O6S.C3H8.CH4O/c12-5-4-15(10(17)14-9(5)22)7-2-1-6(20-7)11(18,19)21-8(16)3-13;1-3-2;1-2/h4,6-7,18-19H,1-3,13H2,(H,14,17,22);3H2,1-2H3;2H,1H3. The predicted molar refractivity (Wildman–Crippen MR) is 95.4 cm³/mol. The lowest BCUT2D eigenvalue weighted by Gasteiger charge is -2.27. The summed E-state index contributed by atoms with van der Waals surface area (Å²) in [6.45, 7) is 3.71. The van der Waals surface area contributed by atoms with Crippen molar-refractivity contribution in [2.75, 3.05) is 13.7 Å². The molecule has 2 heterocycles. The number of nitrogens with zero attached hydrogens (tertiary/aromatic N) is 1. The number of H-pyrrole nitrogens is 1. The third-order valence-electron chi connectivity index (χ3n) is 3.08. The maximum absolute atomic E-state index is 13.4. The van der Waals surface area contributed by atoms with E-state index in [1.165, 1.54) is 6.42 Å². The number of aromatic amines is 1. The summed E-state index contributed by atoms with van der Waals surface area (Å²) in [6.07, 6.45) is 0.0492. The van der Waals surface area contributed by atoms with Crippen LogP contribution in [0.5, 0.6) is 0 Å². The summed E-state index contributed by atoms with van der Waals surface area (Å²) >= 11 is 4.58. The van der Waals surface area contributed by atoms with Gasteiger partial charge in [-0.1, -0.05) is 32.5 Å². The normalized spacial score (nSPS) is 18.7. The summed E-state index contributed by atoms with van der Waals surface area (Å²) in [5, 5.41) is 26.4. The molecule has 0 amide bonds. The maximum atomic E-state index is 13.4. The number of hydrogen-bond acceptors (Lipinski definition) is 9. The van der Waals surface area contributed by atoms with Crippen molar-refractivity contribution < 1.29 is 34.0 Å². The lowest BCUT2D eigenvalue weighted by atomic mass is 10.2. The third kappa shape index (κ3) is 7.44. The third-order valence-corrected chi connectivity index (χ3v) is 3.38. The summed E-state index contributed by atoms with van der Waals surface area (Å²) in [5.41, 5.74) is 4.30. The molecule has 2 unspecified atom stereocenters. The molecule has 1 aliphatic rings. The molecule has 27 heavy (non-hydrogen) atoms. The molecule has 0 aromatic carbocycles. The summed E-state index contributed by atoms with van der Waals surface area (Å²) in [6, 6.07) is 0. The van der Waals surface area contributed by atoms with Crippen molar-refractivity contribution in [1.82, 2.24) is 9.55 Å². The first-order chi connectivity index (χ1) is 12.7. The molecule has 0 aliphatic carbocycles. The zero-order valence-electron chi connectivity index (χ0n) is 15.3. The van der Waals surface area contributed by atoms with Crippen LogP contribution < -0.4 is 11.4 Å². The smallest absolute Gasteiger partial charge is 0.352 e. The van der Waals surface area contributed by atoms with Crippen LogP contribution in [0.3, 0.4) is 0 Å². The Morgan fingerprint density at radius 3 is 2.56 bits per heavy atom. The van der Waals surface area contributed by atoms with E-state index in [-0.39, 0.29) is 17.5 Å². The minimum atomic E-state index is -2.89. The van der Waals surface area contributed by atoms with E-state index in [0.717, 1.165) is 17.9 Å². The van der Waals surface area contributed by atoms with E-state index in [0.29, 0.717) is 0 Å². The van der Waals surface area contributed by atoms with Gasteiger partial charge in [-0.3, -0.25) is 14.3 Å². The Kier molecular flexibility index (Phi) is 11.1. The number of esters is 1. The molecule has 1 aromatic heterocycles. The van der Waals surface area contributed by atoms with Crippen molar-refractivity contribution in [3.05, 3.63) is 27.1 Å². The van der Waals surface area contributed by atoms with Crippen LogP contribution in [0.15, 0.2) is 11.0 Å². The summed E-state index contributed by atoms with van der Waals surface area (Å²) in [5.74, 6) is -4.76. The highest BCUT2D eigenvalue weighted by Gasteiger charge is 2.45. The number of nitrogens with two attached hydrogens (primary N) is 1. The highest BCUT2D eigenvalue weighted by atomic mass is 32.1. The molecule has 0 spiro atoms. The van der Waals surface area contributed by atoms with E-state index in [1.54, 1.807) is 0 Å². The zero-order valence-corrected chi connectivity index (χ0v) is 16.2. The van der Waals surface area contributed by atoms with Crippen molar-refractivity contribution >= 4 is 18.2 Å². The van der Waals surface area contributed by atoms with Crippen LogP contribution in [0, 0.1) is 10.5 Å². The second kappa shape index (κ2) is 11.9. The average Bonchev–Trinajstić information content (AvgIpc) is 3.11. The molecule has 2 atom stereocenters. The quantitative estimate of drug-likeness (QED) is 0.259. The van der Waals surface area contributed by atoms with Gasteiger partial charge in [0.15, 0.2) is 11.9 Å². The molecule has 1 fully saturated rings. The van der Waals surface area contributed by atoms with Gasteiger partial charge in [0.1, 0.15) is 10.9 Å². The monoisotopic (exact) mass is 411 g/mol. The van der Waals surface area contributed by atoms with Gasteiger partial charge in [0.25, 0.3) is 0 Å². The van der Waals surface area contributed by atoms with Gasteiger partial charge in [0.05, 0.1) is 12.7 Å². The van der Waals surface area contributed by atoms with E-state index in [1.807, 2.05) is 0 Å². The second-order valence-corrected chi connectivity index (χ2v) is 5.75. The number of carbonyl (C=O) groups excluding carboxylic acids is 1.